The van der Waals surface area contributed by atoms with Crippen LogP contribution >= 0.6 is 0 Å². The maximum Gasteiger partial charge on any atom is 0.150 e. The topological polar surface area (TPSA) is 30.2 Å². The molecule has 0 bridgehead atoms. The molecule has 2 aromatic carbocycles. The van der Waals surface area contributed by atoms with E-state index in [9.17, 15) is 4.79 Å². The Morgan fingerprint density at radius 2 is 1.78 bits per heavy atom. The quantitative estimate of drug-likeness (QED) is 0.502. The van der Waals surface area contributed by atoms with E-state index in [1.54, 1.807) is 12.1 Å². The standard InChI is InChI=1S/C15H9BO2/c16-13-5-3-11(4-6-13)15-8-12-2-1-10(9-17)7-14(12)18-15/h1-9H. The van der Waals surface area contributed by atoms with Gasteiger partial charge in [-0.25, -0.2) is 0 Å². The fraction of sp³-hybridized carbons (Fsp3) is 0. The SMILES string of the molecule is [B]c1ccc(-c2cc3ccc(C=O)cc3o2)cc1. The van der Waals surface area contributed by atoms with Gasteiger partial charge in [0.25, 0.3) is 0 Å². The Hall–Kier alpha value is -2.29. The number of aldehydes is 1. The van der Waals surface area contributed by atoms with Gasteiger partial charge >= 0.3 is 0 Å². The molecular formula is C15H9BO2. The fourth-order valence-corrected chi connectivity index (χ4v) is 1.91. The maximum atomic E-state index is 10.7. The summed E-state index contributed by atoms with van der Waals surface area (Å²) in [6.45, 7) is 0. The highest BCUT2D eigenvalue weighted by Gasteiger charge is 2.06. The van der Waals surface area contributed by atoms with E-state index in [1.807, 2.05) is 36.4 Å². The van der Waals surface area contributed by atoms with Crippen molar-refractivity contribution in [2.24, 2.45) is 0 Å². The van der Waals surface area contributed by atoms with E-state index in [0.29, 0.717) is 11.1 Å². The minimum atomic E-state index is 0.612. The van der Waals surface area contributed by atoms with Gasteiger partial charge in [-0.05, 0) is 12.1 Å². The molecule has 3 heteroatoms. The van der Waals surface area contributed by atoms with Crippen molar-refractivity contribution in [2.75, 3.05) is 0 Å². The third-order valence-electron chi connectivity index (χ3n) is 2.88. The minimum Gasteiger partial charge on any atom is -0.456 e. The fourth-order valence-electron chi connectivity index (χ4n) is 1.91. The van der Waals surface area contributed by atoms with Gasteiger partial charge in [-0.1, -0.05) is 41.9 Å². The van der Waals surface area contributed by atoms with Gasteiger partial charge in [-0.3, -0.25) is 4.79 Å². The van der Waals surface area contributed by atoms with Crippen LogP contribution in [0.25, 0.3) is 22.3 Å². The molecule has 0 amide bonds. The van der Waals surface area contributed by atoms with Gasteiger partial charge < -0.3 is 4.42 Å². The summed E-state index contributed by atoms with van der Waals surface area (Å²) >= 11 is 0. The van der Waals surface area contributed by atoms with Crippen LogP contribution < -0.4 is 5.46 Å². The number of hydrogen-bond donors (Lipinski definition) is 0. The molecule has 2 nitrogen and oxygen atoms in total. The van der Waals surface area contributed by atoms with Crippen molar-refractivity contribution in [1.29, 1.82) is 0 Å². The Morgan fingerprint density at radius 1 is 1.00 bits per heavy atom. The molecule has 0 N–H and O–H groups in total. The minimum absolute atomic E-state index is 0.612. The van der Waals surface area contributed by atoms with Crippen molar-refractivity contribution in [3.05, 3.63) is 54.1 Å². The van der Waals surface area contributed by atoms with E-state index in [1.165, 1.54) is 0 Å². The smallest absolute Gasteiger partial charge is 0.150 e. The second kappa shape index (κ2) is 4.19. The number of rotatable bonds is 2. The van der Waals surface area contributed by atoms with Crippen LogP contribution in [0.4, 0.5) is 0 Å². The highest BCUT2D eigenvalue weighted by Crippen LogP contribution is 2.27. The monoisotopic (exact) mass is 232 g/mol. The second-order valence-corrected chi connectivity index (χ2v) is 4.15. The summed E-state index contributed by atoms with van der Waals surface area (Å²) < 4.78 is 5.74. The Bertz CT molecular complexity index is 711. The number of furan rings is 1. The van der Waals surface area contributed by atoms with E-state index in [0.717, 1.165) is 28.5 Å². The molecule has 0 saturated heterocycles. The third-order valence-corrected chi connectivity index (χ3v) is 2.88. The average Bonchev–Trinajstić information content (AvgIpc) is 2.82. The molecule has 1 heterocycles. The predicted octanol–water partition coefficient (Wildman–Crippen LogP) is 2.71. The van der Waals surface area contributed by atoms with Gasteiger partial charge in [0.05, 0.1) is 0 Å². The summed E-state index contributed by atoms with van der Waals surface area (Å²) in [5.74, 6) is 0.771. The predicted molar refractivity (Wildman–Crippen MR) is 72.4 cm³/mol. The average molecular weight is 232 g/mol. The third kappa shape index (κ3) is 1.84. The molecule has 0 aliphatic carbocycles. The molecule has 2 radical (unpaired) electrons. The number of hydrogen-bond acceptors (Lipinski definition) is 2. The lowest BCUT2D eigenvalue weighted by atomic mass is 9.95. The van der Waals surface area contributed by atoms with Crippen molar-refractivity contribution in [3.63, 3.8) is 0 Å². The molecule has 0 aliphatic heterocycles. The summed E-state index contributed by atoms with van der Waals surface area (Å²) in [6, 6.07) is 14.8. The number of carbonyl (C=O) groups is 1. The lowest BCUT2D eigenvalue weighted by Gasteiger charge is -1.96. The number of fused-ring (bicyclic) bond motifs is 1. The van der Waals surface area contributed by atoms with E-state index in [2.05, 4.69) is 0 Å². The number of benzene rings is 2. The molecule has 18 heavy (non-hydrogen) atoms. The van der Waals surface area contributed by atoms with Crippen molar-refractivity contribution in [1.82, 2.24) is 0 Å². The van der Waals surface area contributed by atoms with Crippen molar-refractivity contribution in [3.8, 4) is 11.3 Å². The van der Waals surface area contributed by atoms with E-state index < -0.39 is 0 Å². The zero-order chi connectivity index (χ0) is 12.5. The zero-order valence-electron chi connectivity index (χ0n) is 9.59. The zero-order valence-corrected chi connectivity index (χ0v) is 9.59. The first-order valence-electron chi connectivity index (χ1n) is 5.61. The van der Waals surface area contributed by atoms with Crippen LogP contribution in [0.2, 0.25) is 0 Å². The largest absolute Gasteiger partial charge is 0.456 e. The van der Waals surface area contributed by atoms with Crippen LogP contribution in [0.5, 0.6) is 0 Å². The molecule has 3 rings (SSSR count). The van der Waals surface area contributed by atoms with Crippen LogP contribution in [-0.4, -0.2) is 14.1 Å². The summed E-state index contributed by atoms with van der Waals surface area (Å²) in [7, 11) is 5.65. The van der Waals surface area contributed by atoms with Crippen LogP contribution in [0, 0.1) is 0 Å². The first-order chi connectivity index (χ1) is 8.76. The molecule has 0 unspecified atom stereocenters. The summed E-state index contributed by atoms with van der Waals surface area (Å²) in [4.78, 5) is 10.7. The molecule has 0 atom stereocenters. The Labute approximate surface area is 106 Å². The first kappa shape index (κ1) is 10.8. The van der Waals surface area contributed by atoms with Crippen LogP contribution in [0.1, 0.15) is 10.4 Å². The highest BCUT2D eigenvalue weighted by atomic mass is 16.3. The lowest BCUT2D eigenvalue weighted by Crippen LogP contribution is -1.98. The Kier molecular flexibility index (Phi) is 2.52. The van der Waals surface area contributed by atoms with Crippen molar-refractivity contribution in [2.45, 2.75) is 0 Å². The van der Waals surface area contributed by atoms with Gasteiger partial charge in [0.15, 0.2) is 0 Å². The molecule has 0 fully saturated rings. The lowest BCUT2D eigenvalue weighted by molar-refractivity contribution is 0.112. The van der Waals surface area contributed by atoms with E-state index >= 15 is 0 Å². The number of carbonyl (C=O) groups excluding carboxylic acids is 1. The molecule has 0 aliphatic rings. The Balaban J connectivity index is 2.12. The van der Waals surface area contributed by atoms with Crippen molar-refractivity contribution >= 4 is 30.6 Å². The molecule has 1 aromatic heterocycles. The van der Waals surface area contributed by atoms with Crippen LogP contribution in [0.3, 0.4) is 0 Å². The van der Waals surface area contributed by atoms with Crippen LogP contribution in [0.15, 0.2) is 52.9 Å². The first-order valence-corrected chi connectivity index (χ1v) is 5.61. The molecule has 0 saturated carbocycles. The van der Waals surface area contributed by atoms with Gasteiger partial charge in [-0.2, -0.15) is 0 Å². The summed E-state index contributed by atoms with van der Waals surface area (Å²) in [6.07, 6.45) is 0.810. The van der Waals surface area contributed by atoms with Gasteiger partial charge in [0, 0.05) is 16.5 Å². The normalized spacial score (nSPS) is 10.7. The van der Waals surface area contributed by atoms with E-state index in [4.69, 9.17) is 12.3 Å². The molecular weight excluding hydrogens is 223 g/mol. The van der Waals surface area contributed by atoms with Gasteiger partial charge in [0.2, 0.25) is 0 Å². The summed E-state index contributed by atoms with van der Waals surface area (Å²) in [5, 5.41) is 0.979. The van der Waals surface area contributed by atoms with Gasteiger partial charge in [0.1, 0.15) is 25.5 Å². The molecule has 0 spiro atoms. The Morgan fingerprint density at radius 3 is 2.50 bits per heavy atom. The van der Waals surface area contributed by atoms with E-state index in [-0.39, 0.29) is 0 Å². The molecule has 3 aromatic rings. The maximum absolute atomic E-state index is 10.7. The van der Waals surface area contributed by atoms with Crippen LogP contribution in [-0.2, 0) is 0 Å². The highest BCUT2D eigenvalue weighted by molar-refractivity contribution is 6.32. The second-order valence-electron chi connectivity index (χ2n) is 4.15. The summed E-state index contributed by atoms with van der Waals surface area (Å²) in [5.41, 5.74) is 3.01. The van der Waals surface area contributed by atoms with Gasteiger partial charge in [-0.15, -0.1) is 0 Å². The van der Waals surface area contributed by atoms with Crippen molar-refractivity contribution < 1.29 is 9.21 Å². The molecule has 84 valence electrons.